The average Bonchev–Trinajstić information content (AvgIpc) is 3.38. The highest BCUT2D eigenvalue weighted by molar-refractivity contribution is 5.80. The molecule has 36 heavy (non-hydrogen) atoms. The van der Waals surface area contributed by atoms with Crippen molar-refractivity contribution >= 4 is 11.4 Å². The molecule has 0 N–H and O–H groups in total. The Labute approximate surface area is 212 Å². The predicted molar refractivity (Wildman–Crippen MR) is 145 cm³/mol. The molecule has 3 aliphatic carbocycles. The molecule has 0 amide bonds. The smallest absolute Gasteiger partial charge is 0.0999 e. The van der Waals surface area contributed by atoms with E-state index in [0.29, 0.717) is 23.3 Å². The van der Waals surface area contributed by atoms with Crippen LogP contribution in [-0.2, 0) is 0 Å². The summed E-state index contributed by atoms with van der Waals surface area (Å²) in [5.74, 6) is 1.27. The molecule has 4 unspecified atom stereocenters. The van der Waals surface area contributed by atoms with E-state index < -0.39 is 0 Å². The van der Waals surface area contributed by atoms with Gasteiger partial charge in [-0.2, -0.15) is 5.26 Å². The van der Waals surface area contributed by atoms with E-state index in [9.17, 15) is 5.26 Å². The van der Waals surface area contributed by atoms with Gasteiger partial charge in [-0.25, -0.2) is 0 Å². The van der Waals surface area contributed by atoms with Crippen molar-refractivity contribution < 1.29 is 0 Å². The van der Waals surface area contributed by atoms with Crippen molar-refractivity contribution in [3.63, 3.8) is 0 Å². The van der Waals surface area contributed by atoms with E-state index in [1.54, 1.807) is 24.0 Å². The van der Waals surface area contributed by atoms with Crippen LogP contribution in [-0.4, -0.2) is 11.0 Å². The standard InChI is InChI=1S/C33H27N3/c1-33(2)28-12-5-3-10-24(28)25-14-15-30-31(32(25)33)26-11-4-6-13-29(26)36(30)23-9-7-8-21(18-23)27-20-35-17-16-22(27)19-34/h3-18,20,24,28,30-31H,1-2H3. The summed E-state index contributed by atoms with van der Waals surface area (Å²) in [4.78, 5) is 6.79. The molecule has 3 heteroatoms. The Balaban J connectivity index is 1.38. The predicted octanol–water partition coefficient (Wildman–Crippen LogP) is 7.49. The van der Waals surface area contributed by atoms with Crippen LogP contribution in [0.15, 0.2) is 115 Å². The van der Waals surface area contributed by atoms with Gasteiger partial charge in [-0.05, 0) is 52.3 Å². The first kappa shape index (κ1) is 21.1. The lowest BCUT2D eigenvalue weighted by Gasteiger charge is -2.37. The molecule has 0 fully saturated rings. The highest BCUT2D eigenvalue weighted by atomic mass is 15.2. The molecule has 1 aliphatic heterocycles. The third-order valence-corrected chi connectivity index (χ3v) is 8.66. The molecule has 0 bridgehead atoms. The van der Waals surface area contributed by atoms with Gasteiger partial charge in [0.05, 0.1) is 17.7 Å². The van der Waals surface area contributed by atoms with Crippen LogP contribution in [0, 0.1) is 28.6 Å². The maximum Gasteiger partial charge on any atom is 0.0999 e. The van der Waals surface area contributed by atoms with Gasteiger partial charge >= 0.3 is 0 Å². The SMILES string of the molecule is CC1(C)C2=C(C=CC3C2c2ccccc2N3c2cccc(-c3cnccc3C#N)c2)C2C=CC=CC21. The molecule has 3 aromatic rings. The van der Waals surface area contributed by atoms with Crippen LogP contribution >= 0.6 is 0 Å². The van der Waals surface area contributed by atoms with Crippen LogP contribution in [0.5, 0.6) is 0 Å². The Morgan fingerprint density at radius 1 is 0.972 bits per heavy atom. The molecular weight excluding hydrogens is 438 g/mol. The summed E-state index contributed by atoms with van der Waals surface area (Å²) >= 11 is 0. The molecule has 2 heterocycles. The van der Waals surface area contributed by atoms with Gasteiger partial charge in [0.25, 0.3) is 0 Å². The lowest BCUT2D eigenvalue weighted by atomic mass is 9.68. The Morgan fingerprint density at radius 2 is 1.83 bits per heavy atom. The Kier molecular flexibility index (Phi) is 4.51. The van der Waals surface area contributed by atoms with Crippen molar-refractivity contribution in [2.24, 2.45) is 17.3 Å². The summed E-state index contributed by atoms with van der Waals surface area (Å²) in [5.41, 5.74) is 9.52. The maximum atomic E-state index is 9.66. The van der Waals surface area contributed by atoms with E-state index in [1.165, 1.54) is 16.8 Å². The first-order valence-electron chi connectivity index (χ1n) is 12.7. The van der Waals surface area contributed by atoms with Crippen molar-refractivity contribution in [3.8, 4) is 17.2 Å². The van der Waals surface area contributed by atoms with E-state index in [4.69, 9.17) is 0 Å². The molecule has 0 saturated carbocycles. The van der Waals surface area contributed by atoms with Crippen LogP contribution in [0.1, 0.15) is 30.9 Å². The van der Waals surface area contributed by atoms with Gasteiger partial charge in [-0.3, -0.25) is 4.98 Å². The molecule has 174 valence electrons. The molecule has 2 aromatic carbocycles. The molecule has 4 aliphatic rings. The number of hydrogen-bond acceptors (Lipinski definition) is 3. The quantitative estimate of drug-likeness (QED) is 0.394. The molecule has 0 saturated heterocycles. The number of nitriles is 1. The van der Waals surface area contributed by atoms with Crippen molar-refractivity contribution in [2.45, 2.75) is 25.8 Å². The maximum absolute atomic E-state index is 9.66. The van der Waals surface area contributed by atoms with Gasteiger partial charge in [-0.15, -0.1) is 0 Å². The number of anilines is 2. The Morgan fingerprint density at radius 3 is 2.72 bits per heavy atom. The Hall–Kier alpha value is -4.16. The monoisotopic (exact) mass is 465 g/mol. The normalized spacial score (nSPS) is 26.3. The largest absolute Gasteiger partial charge is 0.333 e. The van der Waals surface area contributed by atoms with Crippen LogP contribution in [0.25, 0.3) is 11.1 Å². The Bertz CT molecular complexity index is 1560. The first-order valence-corrected chi connectivity index (χ1v) is 12.7. The summed E-state index contributed by atoms with van der Waals surface area (Å²) in [5, 5.41) is 9.66. The minimum Gasteiger partial charge on any atom is -0.333 e. The van der Waals surface area contributed by atoms with Crippen molar-refractivity contribution in [3.05, 3.63) is 126 Å². The molecular formula is C33H27N3. The number of pyridine rings is 1. The van der Waals surface area contributed by atoms with E-state index in [2.05, 4.69) is 115 Å². The summed E-state index contributed by atoms with van der Waals surface area (Å²) in [6.45, 7) is 4.87. The minimum absolute atomic E-state index is 0.0807. The van der Waals surface area contributed by atoms with E-state index in [-0.39, 0.29) is 11.5 Å². The number of hydrogen-bond donors (Lipinski definition) is 0. The first-order chi connectivity index (χ1) is 17.6. The summed E-state index contributed by atoms with van der Waals surface area (Å²) < 4.78 is 0. The number of rotatable bonds is 2. The third kappa shape index (κ3) is 2.82. The summed E-state index contributed by atoms with van der Waals surface area (Å²) in [6.07, 6.45) is 17.5. The number of para-hydroxylation sites is 1. The summed E-state index contributed by atoms with van der Waals surface area (Å²) in [6, 6.07) is 21.8. The minimum atomic E-state index is 0.0807. The zero-order valence-electron chi connectivity index (χ0n) is 20.5. The zero-order chi connectivity index (χ0) is 24.4. The van der Waals surface area contributed by atoms with Crippen LogP contribution in [0.4, 0.5) is 11.4 Å². The van der Waals surface area contributed by atoms with Crippen LogP contribution in [0.2, 0.25) is 0 Å². The molecule has 0 radical (unpaired) electrons. The van der Waals surface area contributed by atoms with Gasteiger partial charge < -0.3 is 4.90 Å². The fraction of sp³-hybridized carbons (Fsp3) is 0.212. The van der Waals surface area contributed by atoms with E-state index in [1.807, 2.05) is 0 Å². The summed E-state index contributed by atoms with van der Waals surface area (Å²) in [7, 11) is 0. The third-order valence-electron chi connectivity index (χ3n) is 8.66. The van der Waals surface area contributed by atoms with Gasteiger partial charge in [-0.1, -0.05) is 86.2 Å². The van der Waals surface area contributed by atoms with Crippen molar-refractivity contribution in [1.82, 2.24) is 4.98 Å². The number of allylic oxidation sites excluding steroid dienone is 6. The number of aromatic nitrogens is 1. The highest BCUT2D eigenvalue weighted by Crippen LogP contribution is 2.63. The number of nitrogens with zero attached hydrogens (tertiary/aromatic N) is 3. The zero-order valence-corrected chi connectivity index (χ0v) is 20.5. The molecule has 7 rings (SSSR count). The average molecular weight is 466 g/mol. The van der Waals surface area contributed by atoms with Gasteiger partial charge in [0, 0.05) is 41.2 Å². The lowest BCUT2D eigenvalue weighted by Crippen LogP contribution is -2.34. The highest BCUT2D eigenvalue weighted by Gasteiger charge is 2.53. The number of benzene rings is 2. The molecule has 4 atom stereocenters. The van der Waals surface area contributed by atoms with Gasteiger partial charge in [0.15, 0.2) is 0 Å². The van der Waals surface area contributed by atoms with E-state index in [0.717, 1.165) is 16.8 Å². The van der Waals surface area contributed by atoms with E-state index >= 15 is 0 Å². The fourth-order valence-corrected chi connectivity index (χ4v) is 7.15. The van der Waals surface area contributed by atoms with Crippen LogP contribution in [0.3, 0.4) is 0 Å². The lowest BCUT2D eigenvalue weighted by molar-refractivity contribution is 0.303. The fourth-order valence-electron chi connectivity index (χ4n) is 7.15. The second-order valence-electron chi connectivity index (χ2n) is 10.8. The van der Waals surface area contributed by atoms with Crippen molar-refractivity contribution in [1.29, 1.82) is 5.26 Å². The number of fused-ring (bicyclic) bond motifs is 6. The van der Waals surface area contributed by atoms with Gasteiger partial charge in [0.1, 0.15) is 0 Å². The second-order valence-corrected chi connectivity index (χ2v) is 10.8. The second kappa shape index (κ2) is 7.67. The van der Waals surface area contributed by atoms with Gasteiger partial charge in [0.2, 0.25) is 0 Å². The molecule has 0 spiro atoms. The van der Waals surface area contributed by atoms with Crippen LogP contribution < -0.4 is 4.90 Å². The van der Waals surface area contributed by atoms with Crippen molar-refractivity contribution in [2.75, 3.05) is 4.90 Å². The molecule has 3 nitrogen and oxygen atoms in total. The molecule has 1 aromatic heterocycles. The topological polar surface area (TPSA) is 39.9 Å².